The Morgan fingerprint density at radius 3 is 2.78 bits per heavy atom. The average molecular weight is 503 g/mol. The van der Waals surface area contributed by atoms with Gasteiger partial charge in [0.25, 0.3) is 0 Å². The van der Waals surface area contributed by atoms with Crippen molar-refractivity contribution in [1.82, 2.24) is 15.6 Å². The van der Waals surface area contributed by atoms with Gasteiger partial charge in [0.2, 0.25) is 0 Å². The second-order valence-electron chi connectivity index (χ2n) is 6.50. The number of aryl methyl sites for hydroxylation is 1. The van der Waals surface area contributed by atoms with E-state index < -0.39 is 0 Å². The molecule has 0 atom stereocenters. The lowest BCUT2D eigenvalue weighted by Gasteiger charge is -2.34. The average Bonchev–Trinajstić information content (AvgIpc) is 3.06. The largest absolute Gasteiger partial charge is 0.371 e. The Morgan fingerprint density at radius 1 is 1.37 bits per heavy atom. The highest BCUT2D eigenvalue weighted by molar-refractivity contribution is 14.0. The van der Waals surface area contributed by atoms with E-state index in [4.69, 9.17) is 0 Å². The number of halogens is 2. The number of nitrogens with zero attached hydrogens (tertiary/aromatic N) is 3. The van der Waals surface area contributed by atoms with E-state index in [9.17, 15) is 4.39 Å². The lowest BCUT2D eigenvalue weighted by molar-refractivity contribution is 0.461. The zero-order valence-electron chi connectivity index (χ0n) is 15.7. The summed E-state index contributed by atoms with van der Waals surface area (Å²) in [6.07, 6.45) is 4.82. The van der Waals surface area contributed by atoms with Gasteiger partial charge < -0.3 is 15.5 Å². The smallest absolute Gasteiger partial charge is 0.191 e. The number of hydrogen-bond acceptors (Lipinski definition) is 4. The van der Waals surface area contributed by atoms with Crippen LogP contribution in [0.25, 0.3) is 0 Å². The molecule has 1 aliphatic heterocycles. The molecular formula is C19H27FIN5S. The van der Waals surface area contributed by atoms with E-state index in [1.807, 2.05) is 12.3 Å². The summed E-state index contributed by atoms with van der Waals surface area (Å²) in [7, 11) is 1.80. The van der Waals surface area contributed by atoms with E-state index in [0.717, 1.165) is 55.6 Å². The molecule has 2 N–H and O–H groups in total. The zero-order chi connectivity index (χ0) is 18.4. The third kappa shape index (κ3) is 6.60. The van der Waals surface area contributed by atoms with Gasteiger partial charge in [-0.15, -0.1) is 35.3 Å². The van der Waals surface area contributed by atoms with Gasteiger partial charge in [-0.2, -0.15) is 0 Å². The molecule has 0 spiro atoms. The second-order valence-corrected chi connectivity index (χ2v) is 7.82. The molecule has 0 bridgehead atoms. The van der Waals surface area contributed by atoms with E-state index in [2.05, 4.69) is 32.4 Å². The quantitative estimate of drug-likeness (QED) is 0.372. The first kappa shape index (κ1) is 21.9. The van der Waals surface area contributed by atoms with Crippen LogP contribution in [0.15, 0.2) is 35.5 Å². The van der Waals surface area contributed by atoms with Crippen molar-refractivity contribution >= 4 is 47.0 Å². The molecule has 1 saturated heterocycles. The van der Waals surface area contributed by atoms with Crippen LogP contribution in [0.5, 0.6) is 0 Å². The molecule has 0 unspecified atom stereocenters. The summed E-state index contributed by atoms with van der Waals surface area (Å²) in [4.78, 5) is 12.2. The molecule has 148 valence electrons. The molecule has 1 aromatic carbocycles. The van der Waals surface area contributed by atoms with E-state index in [1.54, 1.807) is 30.5 Å². The molecule has 2 heterocycles. The van der Waals surface area contributed by atoms with Gasteiger partial charge in [-0.25, -0.2) is 9.37 Å². The maximum Gasteiger partial charge on any atom is 0.191 e. The number of rotatable bonds is 5. The van der Waals surface area contributed by atoms with Gasteiger partial charge in [-0.1, -0.05) is 6.07 Å². The van der Waals surface area contributed by atoms with Crippen molar-refractivity contribution in [2.24, 2.45) is 4.99 Å². The van der Waals surface area contributed by atoms with Gasteiger partial charge in [0.15, 0.2) is 5.96 Å². The predicted octanol–water partition coefficient (Wildman–Crippen LogP) is 3.59. The van der Waals surface area contributed by atoms with Gasteiger partial charge in [0, 0.05) is 55.9 Å². The molecule has 1 aliphatic rings. The van der Waals surface area contributed by atoms with Crippen molar-refractivity contribution < 1.29 is 4.39 Å². The molecule has 27 heavy (non-hydrogen) atoms. The number of anilines is 1. The van der Waals surface area contributed by atoms with E-state index in [1.165, 1.54) is 10.9 Å². The van der Waals surface area contributed by atoms with Crippen LogP contribution in [-0.2, 0) is 6.42 Å². The molecular weight excluding hydrogens is 476 g/mol. The van der Waals surface area contributed by atoms with E-state index >= 15 is 0 Å². The normalized spacial score (nSPS) is 15.4. The Balaban J connectivity index is 0.00000261. The lowest BCUT2D eigenvalue weighted by atomic mass is 10.0. The van der Waals surface area contributed by atoms with Crippen molar-refractivity contribution in [3.8, 4) is 0 Å². The first-order valence-corrected chi connectivity index (χ1v) is 9.84. The molecule has 0 aliphatic carbocycles. The van der Waals surface area contributed by atoms with Crippen molar-refractivity contribution in [3.63, 3.8) is 0 Å². The fraction of sp³-hybridized carbons (Fsp3) is 0.474. The highest BCUT2D eigenvalue weighted by Crippen LogP contribution is 2.20. The maximum atomic E-state index is 13.4. The van der Waals surface area contributed by atoms with Crippen LogP contribution in [0, 0.1) is 12.7 Å². The SMILES string of the molecule is CN=C(NCCc1ncc(C)s1)NC1CCN(c2cccc(F)c2)CC1.I. The van der Waals surface area contributed by atoms with Crippen LogP contribution >= 0.6 is 35.3 Å². The molecule has 1 fully saturated rings. The third-order valence-electron chi connectivity index (χ3n) is 4.53. The van der Waals surface area contributed by atoms with E-state index in [0.29, 0.717) is 6.04 Å². The first-order chi connectivity index (χ1) is 12.6. The fourth-order valence-electron chi connectivity index (χ4n) is 3.15. The minimum Gasteiger partial charge on any atom is -0.371 e. The van der Waals surface area contributed by atoms with Crippen molar-refractivity contribution in [3.05, 3.63) is 46.2 Å². The standard InChI is InChI=1S/C19H26FN5S.HI/c1-14-13-23-18(26-14)6-9-22-19(21-2)24-16-7-10-25(11-8-16)17-5-3-4-15(20)12-17;/h3-5,12-13,16H,6-11H2,1-2H3,(H2,21,22,24);1H. The molecule has 8 heteroatoms. The molecule has 0 saturated carbocycles. The topological polar surface area (TPSA) is 52.6 Å². The van der Waals surface area contributed by atoms with Crippen molar-refractivity contribution in [2.75, 3.05) is 31.6 Å². The molecule has 0 radical (unpaired) electrons. The lowest BCUT2D eigenvalue weighted by Crippen LogP contribution is -2.49. The summed E-state index contributed by atoms with van der Waals surface area (Å²) in [5, 5.41) is 8.02. The summed E-state index contributed by atoms with van der Waals surface area (Å²) in [5.41, 5.74) is 0.963. The minimum absolute atomic E-state index is 0. The van der Waals surface area contributed by atoms with Crippen LogP contribution in [-0.4, -0.2) is 43.7 Å². The van der Waals surface area contributed by atoms with Crippen LogP contribution < -0.4 is 15.5 Å². The zero-order valence-corrected chi connectivity index (χ0v) is 18.9. The molecule has 5 nitrogen and oxygen atoms in total. The van der Waals surface area contributed by atoms with Gasteiger partial charge in [0.05, 0.1) is 5.01 Å². The summed E-state index contributed by atoms with van der Waals surface area (Å²) >= 11 is 1.74. The number of thiazole rings is 1. The Labute approximate surface area is 181 Å². The first-order valence-electron chi connectivity index (χ1n) is 9.03. The number of hydrogen-bond donors (Lipinski definition) is 2. The van der Waals surface area contributed by atoms with Gasteiger partial charge >= 0.3 is 0 Å². The Bertz CT molecular complexity index is 743. The number of guanidine groups is 1. The van der Waals surface area contributed by atoms with Gasteiger partial charge in [0.1, 0.15) is 5.82 Å². The second kappa shape index (κ2) is 10.8. The molecule has 1 aromatic heterocycles. The summed E-state index contributed by atoms with van der Waals surface area (Å²) in [6.45, 7) is 4.72. The monoisotopic (exact) mass is 503 g/mol. The van der Waals surface area contributed by atoms with Crippen LogP contribution in [0.1, 0.15) is 22.7 Å². The fourth-order valence-corrected chi connectivity index (χ4v) is 3.93. The van der Waals surface area contributed by atoms with Crippen LogP contribution in [0.3, 0.4) is 0 Å². The molecule has 0 amide bonds. The van der Waals surface area contributed by atoms with Crippen molar-refractivity contribution in [2.45, 2.75) is 32.2 Å². The third-order valence-corrected chi connectivity index (χ3v) is 5.51. The Hall–Kier alpha value is -1.42. The van der Waals surface area contributed by atoms with Crippen LogP contribution in [0.2, 0.25) is 0 Å². The van der Waals surface area contributed by atoms with E-state index in [-0.39, 0.29) is 29.8 Å². The summed E-state index contributed by atoms with van der Waals surface area (Å²) < 4.78 is 13.4. The number of nitrogens with one attached hydrogen (secondary N) is 2. The number of benzene rings is 1. The maximum absolute atomic E-state index is 13.4. The number of aliphatic imine (C=N–C) groups is 1. The van der Waals surface area contributed by atoms with Crippen molar-refractivity contribution in [1.29, 1.82) is 0 Å². The molecule has 3 rings (SSSR count). The highest BCUT2D eigenvalue weighted by atomic mass is 127. The highest BCUT2D eigenvalue weighted by Gasteiger charge is 2.20. The van der Waals surface area contributed by atoms with Crippen LogP contribution in [0.4, 0.5) is 10.1 Å². The Kier molecular flexibility index (Phi) is 8.75. The Morgan fingerprint density at radius 2 is 2.15 bits per heavy atom. The summed E-state index contributed by atoms with van der Waals surface area (Å²) in [6, 6.07) is 7.21. The molecule has 2 aromatic rings. The number of aromatic nitrogens is 1. The summed E-state index contributed by atoms with van der Waals surface area (Å²) in [5.74, 6) is 0.658. The number of piperidine rings is 1. The predicted molar refractivity (Wildman–Crippen MR) is 122 cm³/mol. The van der Waals surface area contributed by atoms with Gasteiger partial charge in [-0.3, -0.25) is 4.99 Å². The van der Waals surface area contributed by atoms with Gasteiger partial charge in [-0.05, 0) is 38.0 Å². The minimum atomic E-state index is -0.178.